The molecule has 0 radical (unpaired) electrons. The van der Waals surface area contributed by atoms with Gasteiger partial charge in [-0.2, -0.15) is 0 Å². The summed E-state index contributed by atoms with van der Waals surface area (Å²) in [6, 6.07) is 130. The minimum absolute atomic E-state index is 0.0136. The molecule has 4 aromatic heterocycles. The Balaban J connectivity index is 0.000000118. The summed E-state index contributed by atoms with van der Waals surface area (Å²) in [5.41, 5.74) is 26.0. The maximum atomic E-state index is 5.22. The second kappa shape index (κ2) is 31.9. The number of hydrogen-bond acceptors (Lipinski definition) is 10. The van der Waals surface area contributed by atoms with E-state index in [2.05, 4.69) is 356 Å². The molecule has 23 rings (SSSR count). The first-order chi connectivity index (χ1) is 63.0. The molecule has 20 aromatic rings. The number of aromatic nitrogens is 10. The minimum Gasteiger partial charge on any atom is -0.255 e. The Bertz CT molecular complexity index is 7740. The van der Waals surface area contributed by atoms with Crippen LogP contribution in [0.2, 0.25) is 0 Å². The van der Waals surface area contributed by atoms with Crippen LogP contribution >= 0.6 is 0 Å². The number of pyridine rings is 1. The highest BCUT2D eigenvalue weighted by Crippen LogP contribution is 2.59. The summed E-state index contributed by atoms with van der Waals surface area (Å²) < 4.78 is 0. The Kier molecular flexibility index (Phi) is 20.1. The lowest BCUT2D eigenvalue weighted by Gasteiger charge is -2.49. The predicted molar refractivity (Wildman–Crippen MR) is 536 cm³/mol. The van der Waals surface area contributed by atoms with Crippen LogP contribution in [0.3, 0.4) is 0 Å². The van der Waals surface area contributed by atoms with Gasteiger partial charge in [0.15, 0.2) is 52.4 Å². The van der Waals surface area contributed by atoms with E-state index in [1.165, 1.54) is 110 Å². The summed E-state index contributed by atoms with van der Waals surface area (Å²) in [4.78, 5) is 50.2. The van der Waals surface area contributed by atoms with Crippen molar-refractivity contribution in [1.82, 2.24) is 49.8 Å². The Morgan fingerprint density at radius 2 is 0.438 bits per heavy atom. The molecule has 0 saturated carbocycles. The van der Waals surface area contributed by atoms with Crippen LogP contribution in [0.4, 0.5) is 0 Å². The highest BCUT2D eigenvalue weighted by atomic mass is 15.1. The van der Waals surface area contributed by atoms with Crippen LogP contribution in [-0.2, 0) is 32.5 Å². The minimum atomic E-state index is -0.184. The Morgan fingerprint density at radius 1 is 0.162 bits per heavy atom. The number of fused-ring (bicyclic) bond motifs is 15. The van der Waals surface area contributed by atoms with Gasteiger partial charge in [0, 0.05) is 72.7 Å². The van der Waals surface area contributed by atoms with Gasteiger partial charge in [0.1, 0.15) is 0 Å². The molecule has 0 fully saturated rings. The Hall–Kier alpha value is -15.3. The Labute approximate surface area is 760 Å². The quantitative estimate of drug-likeness (QED) is 0.122. The van der Waals surface area contributed by atoms with E-state index in [9.17, 15) is 0 Å². The van der Waals surface area contributed by atoms with Crippen LogP contribution < -0.4 is 0 Å². The lowest BCUT2D eigenvalue weighted by Crippen LogP contribution is -2.44. The summed E-state index contributed by atoms with van der Waals surface area (Å²) in [7, 11) is 0. The molecule has 10 nitrogen and oxygen atoms in total. The molecular formula is C120H98N10. The second-order valence-electron chi connectivity index (χ2n) is 37.9. The molecule has 130 heavy (non-hydrogen) atoms. The fourth-order valence-corrected chi connectivity index (χ4v) is 20.1. The first kappa shape index (κ1) is 81.8. The van der Waals surface area contributed by atoms with Crippen molar-refractivity contribution in [3.05, 3.63) is 410 Å². The van der Waals surface area contributed by atoms with Crippen LogP contribution in [0.5, 0.6) is 0 Å². The van der Waals surface area contributed by atoms with Gasteiger partial charge in [-0.25, -0.2) is 44.9 Å². The normalized spacial score (nSPS) is 14.7. The summed E-state index contributed by atoms with van der Waals surface area (Å²) in [5, 5.41) is 9.76. The second-order valence-corrected chi connectivity index (χ2v) is 37.9. The van der Waals surface area contributed by atoms with Gasteiger partial charge in [0.05, 0.1) is 5.69 Å². The van der Waals surface area contributed by atoms with Gasteiger partial charge in [-0.05, 0) is 162 Å². The summed E-state index contributed by atoms with van der Waals surface area (Å²) in [6.07, 6.45) is 1.89. The van der Waals surface area contributed by atoms with Crippen LogP contribution in [0.25, 0.3) is 190 Å². The molecule has 0 N–H and O–H groups in total. The molecule has 0 spiro atoms. The zero-order valence-electron chi connectivity index (χ0n) is 75.3. The van der Waals surface area contributed by atoms with E-state index >= 15 is 0 Å². The third-order valence-electron chi connectivity index (χ3n) is 29.3. The van der Waals surface area contributed by atoms with Gasteiger partial charge < -0.3 is 0 Å². The van der Waals surface area contributed by atoms with Crippen molar-refractivity contribution in [3.8, 4) is 147 Å². The van der Waals surface area contributed by atoms with E-state index < -0.39 is 0 Å². The van der Waals surface area contributed by atoms with E-state index in [0.717, 1.165) is 61.3 Å². The average Bonchev–Trinajstić information content (AvgIpc) is 0.713. The zero-order chi connectivity index (χ0) is 89.0. The van der Waals surface area contributed by atoms with E-state index in [-0.39, 0.29) is 32.5 Å². The van der Waals surface area contributed by atoms with Crippen molar-refractivity contribution in [2.75, 3.05) is 0 Å². The SMILES string of the molecule is CC1(C)c2ccccc2-c2cc(-c3nc(-c4ccccc4)nc(-c4ccc5c(ccc6ccccc65)c4)n3)ccc2C1(C)C.CC1(C)c2ccccc2-c2cccc(-c3ccc(-c4nc(-c5ccccc5)nc(-c5ccccc5)n4)cn3)c2C1(C)C.CC1(C)c2ccccc2-c2cccc(-c3nc(-c4ccccc4)nc(-c4ccc5c(ccc6ccccc65)c4)n3)c2C1(C)C. The van der Waals surface area contributed by atoms with Gasteiger partial charge >= 0.3 is 0 Å². The smallest absolute Gasteiger partial charge is 0.165 e. The van der Waals surface area contributed by atoms with Crippen LogP contribution in [0.15, 0.2) is 376 Å². The predicted octanol–water partition coefficient (Wildman–Crippen LogP) is 30.0. The van der Waals surface area contributed by atoms with Crippen molar-refractivity contribution in [1.29, 1.82) is 0 Å². The van der Waals surface area contributed by atoms with E-state index in [4.69, 9.17) is 49.8 Å². The molecule has 0 amide bonds. The third kappa shape index (κ3) is 13.9. The lowest BCUT2D eigenvalue weighted by atomic mass is 9.54. The number of hydrogen-bond donors (Lipinski definition) is 0. The largest absolute Gasteiger partial charge is 0.255 e. The van der Waals surface area contributed by atoms with Crippen molar-refractivity contribution >= 4 is 43.1 Å². The summed E-state index contributed by atoms with van der Waals surface area (Å²) in [5.74, 6) is 5.96. The molecule has 3 aliphatic rings. The molecule has 4 heterocycles. The monoisotopic (exact) mass is 1680 g/mol. The number of nitrogens with zero attached hydrogens (tertiary/aromatic N) is 10. The van der Waals surface area contributed by atoms with Gasteiger partial charge in [0.25, 0.3) is 0 Å². The maximum absolute atomic E-state index is 5.22. The molecule has 0 atom stereocenters. The molecule has 0 saturated heterocycles. The van der Waals surface area contributed by atoms with Crippen LogP contribution in [0, 0.1) is 0 Å². The van der Waals surface area contributed by atoms with Crippen molar-refractivity contribution in [3.63, 3.8) is 0 Å². The molecule has 0 unspecified atom stereocenters. The third-order valence-corrected chi connectivity index (χ3v) is 29.3. The molecule has 16 aromatic carbocycles. The summed E-state index contributed by atoms with van der Waals surface area (Å²) >= 11 is 0. The molecule has 10 heteroatoms. The van der Waals surface area contributed by atoms with Gasteiger partial charge in [-0.1, -0.05) is 423 Å². The Morgan fingerprint density at radius 3 is 0.846 bits per heavy atom. The van der Waals surface area contributed by atoms with Crippen LogP contribution in [-0.4, -0.2) is 49.8 Å². The average molecular weight is 1680 g/mol. The van der Waals surface area contributed by atoms with Crippen molar-refractivity contribution < 1.29 is 0 Å². The lowest BCUT2D eigenvalue weighted by molar-refractivity contribution is 0.299. The molecule has 0 aliphatic heterocycles. The first-order valence-electron chi connectivity index (χ1n) is 45.0. The molecular weight excluding hydrogens is 1580 g/mol. The maximum Gasteiger partial charge on any atom is 0.165 e. The van der Waals surface area contributed by atoms with Gasteiger partial charge in [-0.15, -0.1) is 0 Å². The van der Waals surface area contributed by atoms with Crippen molar-refractivity contribution in [2.24, 2.45) is 0 Å². The van der Waals surface area contributed by atoms with E-state index in [1.807, 2.05) is 103 Å². The fourth-order valence-electron chi connectivity index (χ4n) is 20.1. The fraction of sp³-hybridized carbons (Fsp3) is 0.150. The van der Waals surface area contributed by atoms with Gasteiger partial charge in [0.2, 0.25) is 0 Å². The molecule has 628 valence electrons. The number of rotatable bonds is 10. The standard InChI is InChI=1S/2C41H33N3.C38H32N4/c1-40(2)35-20-11-10-17-32(35)33-18-12-19-34(36(33)41(40,3)4)39-43-37(27-14-6-5-7-15-27)42-38(44-39)29-23-24-31-28(25-29)22-21-26-13-8-9-16-30(26)31;1-40(2)35-17-11-10-16-33(35)34-25-30(21-23-36(34)41(40,3)4)39-43-37(27-13-6-5-7-14-27)42-38(44-39)29-20-22-32-28(24-29)19-18-26-12-8-9-15-31(26)32;1-37(2)31-21-12-11-18-28(31)29-19-13-20-30(33(29)38(37,3)4)32-23-22-27(24-39-32)36-41-34(25-14-7-5-8-15-25)40-35(42-36)26-16-9-6-10-17-26/h2*5-25H,1-4H3;5-24H,1-4H3. The zero-order valence-corrected chi connectivity index (χ0v) is 75.3. The highest BCUT2D eigenvalue weighted by molar-refractivity contribution is 6.10. The molecule has 0 bridgehead atoms. The number of benzene rings is 16. The van der Waals surface area contributed by atoms with Crippen molar-refractivity contribution in [2.45, 2.75) is 116 Å². The topological polar surface area (TPSA) is 129 Å². The van der Waals surface area contributed by atoms with Crippen LogP contribution in [0.1, 0.15) is 116 Å². The highest BCUT2D eigenvalue weighted by Gasteiger charge is 2.50. The molecule has 3 aliphatic carbocycles. The first-order valence-corrected chi connectivity index (χ1v) is 45.0. The van der Waals surface area contributed by atoms with E-state index in [1.54, 1.807) is 0 Å². The van der Waals surface area contributed by atoms with Gasteiger partial charge in [-0.3, -0.25) is 4.98 Å². The summed E-state index contributed by atoms with van der Waals surface area (Å²) in [6.45, 7) is 28.3. The van der Waals surface area contributed by atoms with E-state index in [0.29, 0.717) is 52.4 Å².